The normalized spacial score (nSPS) is 10.7. The second kappa shape index (κ2) is 9.15. The van der Waals surface area contributed by atoms with Crippen LogP contribution in [-0.2, 0) is 24.2 Å². The van der Waals surface area contributed by atoms with Gasteiger partial charge >= 0.3 is 0 Å². The molecule has 7 heteroatoms. The van der Waals surface area contributed by atoms with E-state index in [0.717, 1.165) is 18.4 Å². The lowest BCUT2D eigenvalue weighted by molar-refractivity contribution is -0.121. The molecule has 0 saturated carbocycles. The second-order valence-corrected chi connectivity index (χ2v) is 6.16. The summed E-state index contributed by atoms with van der Waals surface area (Å²) < 4.78 is 19.0. The molecular formula is C18H25FN4O2. The maximum Gasteiger partial charge on any atom is 0.226 e. The monoisotopic (exact) mass is 348 g/mol. The molecule has 2 rings (SSSR count). The molecule has 2 aromatic rings. The number of aromatic nitrogens is 2. The van der Waals surface area contributed by atoms with Crippen molar-refractivity contribution in [2.45, 2.75) is 45.6 Å². The molecule has 136 valence electrons. The highest BCUT2D eigenvalue weighted by molar-refractivity contribution is 5.75. The highest BCUT2D eigenvalue weighted by atomic mass is 19.1. The fourth-order valence-electron chi connectivity index (χ4n) is 2.43. The summed E-state index contributed by atoms with van der Waals surface area (Å²) in [6, 6.07) is 4.97. The van der Waals surface area contributed by atoms with Crippen LogP contribution in [-0.4, -0.2) is 30.1 Å². The minimum absolute atomic E-state index is 0.0783. The summed E-state index contributed by atoms with van der Waals surface area (Å²) >= 11 is 0. The van der Waals surface area contributed by atoms with Crippen molar-refractivity contribution < 1.29 is 13.7 Å². The summed E-state index contributed by atoms with van der Waals surface area (Å²) in [5, 5.41) is 6.68. The molecule has 0 aliphatic carbocycles. The first kappa shape index (κ1) is 18.9. The highest BCUT2D eigenvalue weighted by Crippen LogP contribution is 2.18. The van der Waals surface area contributed by atoms with Gasteiger partial charge in [-0.2, -0.15) is 4.98 Å². The third-order valence-electron chi connectivity index (χ3n) is 3.76. The van der Waals surface area contributed by atoms with Crippen molar-refractivity contribution in [2.24, 2.45) is 0 Å². The Morgan fingerprint density at radius 2 is 2.12 bits per heavy atom. The van der Waals surface area contributed by atoms with Crippen molar-refractivity contribution in [1.29, 1.82) is 0 Å². The van der Waals surface area contributed by atoms with E-state index in [-0.39, 0.29) is 11.7 Å². The Hall–Kier alpha value is -2.44. The molecule has 25 heavy (non-hydrogen) atoms. The van der Waals surface area contributed by atoms with Gasteiger partial charge in [0, 0.05) is 39.9 Å². The Balaban J connectivity index is 1.72. The first-order valence-corrected chi connectivity index (χ1v) is 8.53. The van der Waals surface area contributed by atoms with Crippen molar-refractivity contribution in [3.63, 3.8) is 0 Å². The molecule has 0 atom stereocenters. The number of rotatable bonds is 9. The van der Waals surface area contributed by atoms with Gasteiger partial charge in [0.2, 0.25) is 11.8 Å². The van der Waals surface area contributed by atoms with E-state index in [1.54, 1.807) is 25.1 Å². The van der Waals surface area contributed by atoms with Crippen LogP contribution in [0.4, 0.5) is 10.1 Å². The van der Waals surface area contributed by atoms with Gasteiger partial charge in [0.15, 0.2) is 5.82 Å². The zero-order chi connectivity index (χ0) is 18.2. The number of benzene rings is 1. The summed E-state index contributed by atoms with van der Waals surface area (Å²) in [5.41, 5.74) is 1.26. The molecule has 0 aliphatic heterocycles. The van der Waals surface area contributed by atoms with Gasteiger partial charge in [-0.05, 0) is 30.5 Å². The largest absolute Gasteiger partial charge is 0.375 e. The SMILES string of the molecule is CCCc1noc(CCCC(=O)NCc2ccc(N(C)C)c(F)c2)n1. The van der Waals surface area contributed by atoms with Gasteiger partial charge in [-0.3, -0.25) is 4.79 Å². The van der Waals surface area contributed by atoms with Gasteiger partial charge in [-0.25, -0.2) is 4.39 Å². The van der Waals surface area contributed by atoms with Crippen molar-refractivity contribution in [2.75, 3.05) is 19.0 Å². The van der Waals surface area contributed by atoms with Crippen LogP contribution in [0.1, 0.15) is 43.5 Å². The minimum Gasteiger partial charge on any atom is -0.375 e. The van der Waals surface area contributed by atoms with E-state index in [9.17, 15) is 9.18 Å². The summed E-state index contributed by atoms with van der Waals surface area (Å²) in [4.78, 5) is 17.9. The molecule has 1 aromatic carbocycles. The van der Waals surface area contributed by atoms with Gasteiger partial charge < -0.3 is 14.7 Å². The van der Waals surface area contributed by atoms with Crippen LogP contribution in [0.3, 0.4) is 0 Å². The van der Waals surface area contributed by atoms with E-state index in [4.69, 9.17) is 4.52 Å². The number of aryl methyl sites for hydroxylation is 2. The summed E-state index contributed by atoms with van der Waals surface area (Å²) in [7, 11) is 3.57. The van der Waals surface area contributed by atoms with Gasteiger partial charge in [0.1, 0.15) is 5.82 Å². The number of nitrogens with one attached hydrogen (secondary N) is 1. The van der Waals surface area contributed by atoms with Crippen LogP contribution in [0.15, 0.2) is 22.7 Å². The molecular weight excluding hydrogens is 323 g/mol. The molecule has 0 radical (unpaired) electrons. The number of hydrogen-bond acceptors (Lipinski definition) is 5. The number of carbonyl (C=O) groups is 1. The predicted molar refractivity (Wildman–Crippen MR) is 93.8 cm³/mol. The predicted octanol–water partition coefficient (Wildman–Crippen LogP) is 2.87. The zero-order valence-corrected chi connectivity index (χ0v) is 15.0. The maximum atomic E-state index is 13.9. The van der Waals surface area contributed by atoms with E-state index < -0.39 is 0 Å². The highest BCUT2D eigenvalue weighted by Gasteiger charge is 2.09. The van der Waals surface area contributed by atoms with E-state index in [0.29, 0.717) is 43.2 Å². The second-order valence-electron chi connectivity index (χ2n) is 6.16. The Labute approximate surface area is 147 Å². The molecule has 0 bridgehead atoms. The van der Waals surface area contributed by atoms with Gasteiger partial charge in [0.25, 0.3) is 0 Å². The average Bonchev–Trinajstić information content (AvgIpc) is 3.00. The standard InChI is InChI=1S/C18H25FN4O2/c1-4-6-16-21-18(25-22-16)8-5-7-17(24)20-12-13-9-10-15(23(2)3)14(19)11-13/h9-11H,4-8,12H2,1-3H3,(H,20,24). The van der Waals surface area contributed by atoms with Crippen LogP contribution in [0.2, 0.25) is 0 Å². The van der Waals surface area contributed by atoms with E-state index >= 15 is 0 Å². The maximum absolute atomic E-state index is 13.9. The molecule has 0 spiro atoms. The first-order valence-electron chi connectivity index (χ1n) is 8.53. The van der Waals surface area contributed by atoms with Crippen LogP contribution in [0, 0.1) is 5.82 Å². The van der Waals surface area contributed by atoms with Crippen molar-refractivity contribution in [3.05, 3.63) is 41.3 Å². The van der Waals surface area contributed by atoms with Crippen LogP contribution in [0.25, 0.3) is 0 Å². The third-order valence-corrected chi connectivity index (χ3v) is 3.76. The molecule has 0 aliphatic rings. The molecule has 1 amide bonds. The Bertz CT molecular complexity index is 700. The van der Waals surface area contributed by atoms with Crippen LogP contribution in [0.5, 0.6) is 0 Å². The van der Waals surface area contributed by atoms with Crippen LogP contribution < -0.4 is 10.2 Å². The average molecular weight is 348 g/mol. The molecule has 1 heterocycles. The zero-order valence-electron chi connectivity index (χ0n) is 15.0. The van der Waals surface area contributed by atoms with E-state index in [2.05, 4.69) is 22.4 Å². The van der Waals surface area contributed by atoms with Gasteiger partial charge in [-0.1, -0.05) is 18.1 Å². The Morgan fingerprint density at radius 3 is 2.80 bits per heavy atom. The molecule has 1 N–H and O–H groups in total. The molecule has 1 aromatic heterocycles. The smallest absolute Gasteiger partial charge is 0.226 e. The van der Waals surface area contributed by atoms with Gasteiger partial charge in [0.05, 0.1) is 5.69 Å². The lowest BCUT2D eigenvalue weighted by atomic mass is 10.1. The lowest BCUT2D eigenvalue weighted by Crippen LogP contribution is -2.22. The van der Waals surface area contributed by atoms with Crippen molar-refractivity contribution in [3.8, 4) is 0 Å². The number of halogens is 1. The summed E-state index contributed by atoms with van der Waals surface area (Å²) in [6.45, 7) is 2.37. The molecule has 0 fully saturated rings. The molecule has 6 nitrogen and oxygen atoms in total. The first-order chi connectivity index (χ1) is 12.0. The third kappa shape index (κ3) is 5.85. The van der Waals surface area contributed by atoms with Crippen LogP contribution >= 0.6 is 0 Å². The van der Waals surface area contributed by atoms with Crippen molar-refractivity contribution in [1.82, 2.24) is 15.5 Å². The number of carbonyl (C=O) groups excluding carboxylic acids is 1. The Morgan fingerprint density at radius 1 is 1.32 bits per heavy atom. The quantitative estimate of drug-likeness (QED) is 0.754. The summed E-state index contributed by atoms with van der Waals surface area (Å²) in [6.07, 6.45) is 3.35. The number of amides is 1. The number of anilines is 1. The lowest BCUT2D eigenvalue weighted by Gasteiger charge is -2.14. The van der Waals surface area contributed by atoms with E-state index in [1.165, 1.54) is 6.07 Å². The minimum atomic E-state index is -0.295. The summed E-state index contributed by atoms with van der Waals surface area (Å²) in [5.74, 6) is 0.907. The van der Waals surface area contributed by atoms with E-state index in [1.807, 2.05) is 6.07 Å². The topological polar surface area (TPSA) is 71.3 Å². The number of hydrogen-bond donors (Lipinski definition) is 1. The molecule has 0 unspecified atom stereocenters. The Kier molecular flexibility index (Phi) is 6.91. The molecule has 0 saturated heterocycles. The fourth-order valence-corrected chi connectivity index (χ4v) is 2.43. The van der Waals surface area contributed by atoms with Gasteiger partial charge in [-0.15, -0.1) is 0 Å². The van der Waals surface area contributed by atoms with Crippen molar-refractivity contribution >= 4 is 11.6 Å². The fraction of sp³-hybridized carbons (Fsp3) is 0.500. The number of nitrogens with zero attached hydrogens (tertiary/aromatic N) is 3.